The summed E-state index contributed by atoms with van der Waals surface area (Å²) in [7, 11) is 0. The Hall–Kier alpha value is -1.22. The molecular weight excluding hydrogens is 262 g/mol. The molecule has 0 radical (unpaired) electrons. The first-order chi connectivity index (χ1) is 8.87. The number of amides is 1. The fourth-order valence-corrected chi connectivity index (χ4v) is 2.64. The van der Waals surface area contributed by atoms with Crippen LogP contribution in [0.2, 0.25) is 5.02 Å². The van der Waals surface area contributed by atoms with E-state index < -0.39 is 0 Å². The molecule has 1 amide bonds. The van der Waals surface area contributed by atoms with Gasteiger partial charge in [-0.2, -0.15) is 0 Å². The summed E-state index contributed by atoms with van der Waals surface area (Å²) in [6.45, 7) is 4.54. The number of benzene rings is 1. The fraction of sp³-hybridized carbons (Fsp3) is 0.533. The normalized spacial score (nSPS) is 19.1. The van der Waals surface area contributed by atoms with Crippen molar-refractivity contribution < 1.29 is 9.90 Å². The maximum absolute atomic E-state index is 12.1. The molecule has 0 unspecified atom stereocenters. The van der Waals surface area contributed by atoms with Gasteiger partial charge in [0.1, 0.15) is 5.75 Å². The highest BCUT2D eigenvalue weighted by Crippen LogP contribution is 2.35. The lowest BCUT2D eigenvalue weighted by Gasteiger charge is -2.34. The lowest BCUT2D eigenvalue weighted by Crippen LogP contribution is -2.39. The molecule has 0 heterocycles. The lowest BCUT2D eigenvalue weighted by atomic mass is 9.75. The molecule has 0 spiro atoms. The second-order valence-electron chi connectivity index (χ2n) is 6.08. The van der Waals surface area contributed by atoms with Crippen LogP contribution in [0, 0.1) is 5.41 Å². The Kier molecular flexibility index (Phi) is 4.04. The van der Waals surface area contributed by atoms with Gasteiger partial charge in [0.25, 0.3) is 5.91 Å². The highest BCUT2D eigenvalue weighted by Gasteiger charge is 2.27. The number of hydrogen-bond acceptors (Lipinski definition) is 2. The van der Waals surface area contributed by atoms with E-state index in [-0.39, 0.29) is 22.7 Å². The average molecular weight is 282 g/mol. The van der Waals surface area contributed by atoms with Gasteiger partial charge < -0.3 is 10.4 Å². The number of rotatable bonds is 2. The number of halogens is 1. The minimum atomic E-state index is -0.119. The predicted octanol–water partition coefficient (Wildman–Crippen LogP) is 3.74. The first-order valence-electron chi connectivity index (χ1n) is 6.67. The zero-order valence-corrected chi connectivity index (χ0v) is 12.1. The third-order valence-corrected chi connectivity index (χ3v) is 4.19. The summed E-state index contributed by atoms with van der Waals surface area (Å²) >= 11 is 5.81. The topological polar surface area (TPSA) is 49.3 Å². The zero-order chi connectivity index (χ0) is 14.0. The summed E-state index contributed by atoms with van der Waals surface area (Å²) in [4.78, 5) is 12.1. The minimum Gasteiger partial charge on any atom is -0.506 e. The van der Waals surface area contributed by atoms with E-state index in [9.17, 15) is 9.90 Å². The minimum absolute atomic E-state index is 0.00219. The first kappa shape index (κ1) is 14.2. The molecule has 0 bridgehead atoms. The molecule has 0 aliphatic heterocycles. The van der Waals surface area contributed by atoms with E-state index in [2.05, 4.69) is 19.2 Å². The van der Waals surface area contributed by atoms with Crippen LogP contribution in [-0.2, 0) is 0 Å². The van der Waals surface area contributed by atoms with E-state index in [4.69, 9.17) is 11.6 Å². The van der Waals surface area contributed by atoms with Crippen molar-refractivity contribution in [2.24, 2.45) is 5.41 Å². The molecular formula is C15H20ClNO2. The van der Waals surface area contributed by atoms with E-state index in [0.29, 0.717) is 11.0 Å². The molecule has 1 aromatic carbocycles. The summed E-state index contributed by atoms with van der Waals surface area (Å²) in [5.41, 5.74) is 0.885. The molecule has 4 heteroatoms. The van der Waals surface area contributed by atoms with Crippen molar-refractivity contribution in [3.8, 4) is 5.75 Å². The summed E-state index contributed by atoms with van der Waals surface area (Å²) in [5.74, 6) is -0.121. The van der Waals surface area contributed by atoms with Crippen LogP contribution >= 0.6 is 11.6 Å². The van der Waals surface area contributed by atoms with Crippen molar-refractivity contribution in [2.75, 3.05) is 0 Å². The number of phenolic OH excluding ortho intramolecular Hbond substituents is 1. The zero-order valence-electron chi connectivity index (χ0n) is 11.4. The molecule has 19 heavy (non-hydrogen) atoms. The van der Waals surface area contributed by atoms with E-state index in [1.165, 1.54) is 12.1 Å². The predicted molar refractivity (Wildman–Crippen MR) is 76.6 cm³/mol. The fourth-order valence-electron chi connectivity index (χ4n) is 2.46. The highest BCUT2D eigenvalue weighted by atomic mass is 35.5. The number of phenols is 1. The number of aromatic hydroxyl groups is 1. The van der Waals surface area contributed by atoms with E-state index in [1.807, 2.05) is 0 Å². The van der Waals surface area contributed by atoms with Crippen LogP contribution in [0.1, 0.15) is 49.9 Å². The number of nitrogens with one attached hydrogen (secondary N) is 1. The van der Waals surface area contributed by atoms with Gasteiger partial charge in [0, 0.05) is 11.6 Å². The Balaban J connectivity index is 1.96. The highest BCUT2D eigenvalue weighted by molar-refractivity contribution is 6.32. The van der Waals surface area contributed by atoms with Crippen molar-refractivity contribution in [1.29, 1.82) is 0 Å². The van der Waals surface area contributed by atoms with Crippen LogP contribution < -0.4 is 5.32 Å². The second kappa shape index (κ2) is 5.41. The van der Waals surface area contributed by atoms with Gasteiger partial charge in [-0.05, 0) is 49.3 Å². The molecule has 0 saturated heterocycles. The maximum Gasteiger partial charge on any atom is 0.251 e. The van der Waals surface area contributed by atoms with E-state index >= 15 is 0 Å². The Morgan fingerprint density at radius 2 is 2.00 bits per heavy atom. The van der Waals surface area contributed by atoms with Crippen molar-refractivity contribution in [2.45, 2.75) is 45.6 Å². The van der Waals surface area contributed by atoms with Gasteiger partial charge in [-0.1, -0.05) is 25.4 Å². The first-order valence-corrected chi connectivity index (χ1v) is 7.04. The third-order valence-electron chi connectivity index (χ3n) is 3.88. The van der Waals surface area contributed by atoms with Gasteiger partial charge in [0.05, 0.1) is 5.02 Å². The van der Waals surface area contributed by atoms with Crippen LogP contribution in [0.3, 0.4) is 0 Å². The largest absolute Gasteiger partial charge is 0.506 e. The van der Waals surface area contributed by atoms with Gasteiger partial charge in [0.2, 0.25) is 0 Å². The average Bonchev–Trinajstić information content (AvgIpc) is 2.35. The van der Waals surface area contributed by atoms with Gasteiger partial charge in [-0.3, -0.25) is 4.79 Å². The molecule has 1 saturated carbocycles. The molecule has 104 valence electrons. The SMILES string of the molecule is CC1(C)CCC(NC(=O)c2ccc(O)c(Cl)c2)CC1. The van der Waals surface area contributed by atoms with Crippen molar-refractivity contribution >= 4 is 17.5 Å². The molecule has 1 aliphatic carbocycles. The number of hydrogen-bond donors (Lipinski definition) is 2. The molecule has 0 aromatic heterocycles. The van der Waals surface area contributed by atoms with Crippen LogP contribution in [0.25, 0.3) is 0 Å². The molecule has 0 atom stereocenters. The van der Waals surface area contributed by atoms with Gasteiger partial charge >= 0.3 is 0 Å². The van der Waals surface area contributed by atoms with Gasteiger partial charge in [-0.15, -0.1) is 0 Å². The van der Waals surface area contributed by atoms with Crippen LogP contribution in [0.15, 0.2) is 18.2 Å². The summed E-state index contributed by atoms with van der Waals surface area (Å²) in [6, 6.07) is 4.77. The molecule has 1 aromatic rings. The Morgan fingerprint density at radius 3 is 2.58 bits per heavy atom. The van der Waals surface area contributed by atoms with E-state index in [1.54, 1.807) is 6.07 Å². The third kappa shape index (κ3) is 3.63. The Morgan fingerprint density at radius 1 is 1.37 bits per heavy atom. The van der Waals surface area contributed by atoms with Crippen LogP contribution in [0.4, 0.5) is 0 Å². The standard InChI is InChI=1S/C15H20ClNO2/c1-15(2)7-5-11(6-8-15)17-14(19)10-3-4-13(18)12(16)9-10/h3-4,9,11,18H,5-8H2,1-2H3,(H,17,19). The number of carbonyl (C=O) groups excluding carboxylic acids is 1. The number of carbonyl (C=O) groups is 1. The van der Waals surface area contributed by atoms with Crippen LogP contribution in [-0.4, -0.2) is 17.1 Å². The van der Waals surface area contributed by atoms with Crippen LogP contribution in [0.5, 0.6) is 5.75 Å². The Bertz CT molecular complexity index is 475. The van der Waals surface area contributed by atoms with Crippen molar-refractivity contribution in [1.82, 2.24) is 5.32 Å². The summed E-state index contributed by atoms with van der Waals surface area (Å²) in [6.07, 6.45) is 4.30. The molecule has 1 aliphatic rings. The van der Waals surface area contributed by atoms with Gasteiger partial charge in [0.15, 0.2) is 0 Å². The quantitative estimate of drug-likeness (QED) is 0.867. The smallest absolute Gasteiger partial charge is 0.251 e. The Labute approximate surface area is 119 Å². The second-order valence-corrected chi connectivity index (χ2v) is 6.49. The molecule has 2 N–H and O–H groups in total. The molecule has 3 nitrogen and oxygen atoms in total. The maximum atomic E-state index is 12.1. The lowest BCUT2D eigenvalue weighted by molar-refractivity contribution is 0.0909. The summed E-state index contributed by atoms with van der Waals surface area (Å²) < 4.78 is 0. The van der Waals surface area contributed by atoms with Crippen molar-refractivity contribution in [3.63, 3.8) is 0 Å². The molecule has 2 rings (SSSR count). The monoisotopic (exact) mass is 281 g/mol. The molecule has 1 fully saturated rings. The van der Waals surface area contributed by atoms with Crippen molar-refractivity contribution in [3.05, 3.63) is 28.8 Å². The van der Waals surface area contributed by atoms with Gasteiger partial charge in [-0.25, -0.2) is 0 Å². The summed E-state index contributed by atoms with van der Waals surface area (Å²) in [5, 5.41) is 12.6. The van der Waals surface area contributed by atoms with E-state index in [0.717, 1.165) is 25.7 Å².